The molecular formula is C11H9BrClNO2. The molecular weight excluding hydrogens is 293 g/mol. The number of hydrogen-bond acceptors (Lipinski definition) is 3. The fraction of sp³-hybridized carbons (Fsp3) is 0.273. The summed E-state index contributed by atoms with van der Waals surface area (Å²) >= 11 is 9.11. The van der Waals surface area contributed by atoms with E-state index in [1.165, 1.54) is 6.07 Å². The summed E-state index contributed by atoms with van der Waals surface area (Å²) in [4.78, 5) is 11.6. The number of halogens is 2. The highest BCUT2D eigenvalue weighted by Gasteiger charge is 2.15. The summed E-state index contributed by atoms with van der Waals surface area (Å²) in [5, 5.41) is 9.53. The summed E-state index contributed by atoms with van der Waals surface area (Å²) in [6.07, 6.45) is 0. The van der Waals surface area contributed by atoms with Gasteiger partial charge < -0.3 is 4.74 Å². The summed E-state index contributed by atoms with van der Waals surface area (Å²) in [6.45, 7) is 2.04. The van der Waals surface area contributed by atoms with Crippen molar-refractivity contribution in [3.05, 3.63) is 33.8 Å². The van der Waals surface area contributed by atoms with E-state index >= 15 is 0 Å². The molecule has 1 aromatic carbocycles. The molecule has 0 radical (unpaired) electrons. The largest absolute Gasteiger partial charge is 0.462 e. The molecule has 0 fully saturated rings. The number of esters is 1. The highest BCUT2D eigenvalue weighted by molar-refractivity contribution is 9.08. The normalized spacial score (nSPS) is 9.62. The predicted octanol–water partition coefficient (Wildman–Crippen LogP) is 3.28. The van der Waals surface area contributed by atoms with Gasteiger partial charge in [-0.15, -0.1) is 0 Å². The Morgan fingerprint density at radius 2 is 2.31 bits per heavy atom. The van der Waals surface area contributed by atoms with Crippen molar-refractivity contribution in [2.75, 3.05) is 6.61 Å². The third kappa shape index (κ3) is 2.75. The molecule has 0 aromatic heterocycles. The van der Waals surface area contributed by atoms with Crippen LogP contribution in [-0.2, 0) is 10.1 Å². The first-order valence-corrected chi connectivity index (χ1v) is 6.09. The summed E-state index contributed by atoms with van der Waals surface area (Å²) in [7, 11) is 0. The van der Waals surface area contributed by atoms with Crippen molar-refractivity contribution in [3.63, 3.8) is 0 Å². The van der Waals surface area contributed by atoms with Crippen LogP contribution in [0, 0.1) is 11.3 Å². The van der Waals surface area contributed by atoms with Gasteiger partial charge in [0.1, 0.15) is 6.07 Å². The maximum atomic E-state index is 11.6. The van der Waals surface area contributed by atoms with Gasteiger partial charge in [-0.3, -0.25) is 0 Å². The summed E-state index contributed by atoms with van der Waals surface area (Å²) < 4.78 is 4.90. The van der Waals surface area contributed by atoms with Gasteiger partial charge in [0.15, 0.2) is 0 Å². The van der Waals surface area contributed by atoms with Gasteiger partial charge >= 0.3 is 5.97 Å². The molecule has 0 unspecified atom stereocenters. The fourth-order valence-electron chi connectivity index (χ4n) is 1.21. The first-order valence-electron chi connectivity index (χ1n) is 4.59. The van der Waals surface area contributed by atoms with Crippen molar-refractivity contribution in [1.82, 2.24) is 0 Å². The predicted molar refractivity (Wildman–Crippen MR) is 64.8 cm³/mol. The van der Waals surface area contributed by atoms with E-state index in [4.69, 9.17) is 21.6 Å². The molecule has 5 heteroatoms. The Morgan fingerprint density at radius 1 is 1.62 bits per heavy atom. The smallest absolute Gasteiger partial charge is 0.338 e. The highest BCUT2D eigenvalue weighted by Crippen LogP contribution is 2.23. The van der Waals surface area contributed by atoms with E-state index in [9.17, 15) is 4.79 Å². The SMILES string of the molecule is CCOC(=O)c1cc(Cl)c(C#N)cc1CBr. The maximum absolute atomic E-state index is 11.6. The second-order valence-electron chi connectivity index (χ2n) is 2.96. The zero-order valence-corrected chi connectivity index (χ0v) is 10.9. The number of ether oxygens (including phenoxy) is 1. The maximum Gasteiger partial charge on any atom is 0.338 e. The van der Waals surface area contributed by atoms with E-state index in [1.54, 1.807) is 13.0 Å². The molecule has 0 aliphatic carbocycles. The minimum Gasteiger partial charge on any atom is -0.462 e. The molecule has 0 bridgehead atoms. The van der Waals surface area contributed by atoms with E-state index in [0.29, 0.717) is 28.6 Å². The van der Waals surface area contributed by atoms with E-state index in [2.05, 4.69) is 15.9 Å². The second-order valence-corrected chi connectivity index (χ2v) is 3.92. The molecule has 0 heterocycles. The summed E-state index contributed by atoms with van der Waals surface area (Å²) in [5.74, 6) is -0.427. The molecule has 0 saturated carbocycles. The minimum atomic E-state index is -0.427. The molecule has 1 aromatic rings. The standard InChI is InChI=1S/C11H9BrClNO2/c1-2-16-11(15)9-4-10(13)8(6-14)3-7(9)5-12/h3-4H,2,5H2,1H3. The van der Waals surface area contributed by atoms with Crippen molar-refractivity contribution in [2.45, 2.75) is 12.3 Å². The van der Waals surface area contributed by atoms with Crippen LogP contribution in [0.4, 0.5) is 0 Å². The molecule has 0 aliphatic heterocycles. The van der Waals surface area contributed by atoms with Crippen molar-refractivity contribution in [3.8, 4) is 6.07 Å². The third-order valence-electron chi connectivity index (χ3n) is 1.95. The van der Waals surface area contributed by atoms with Crippen LogP contribution in [0.2, 0.25) is 5.02 Å². The zero-order chi connectivity index (χ0) is 12.1. The Bertz CT molecular complexity index is 454. The number of hydrogen-bond donors (Lipinski definition) is 0. The first kappa shape index (κ1) is 13.0. The molecule has 0 N–H and O–H groups in total. The van der Waals surface area contributed by atoms with E-state index < -0.39 is 5.97 Å². The van der Waals surface area contributed by atoms with E-state index in [-0.39, 0.29) is 5.02 Å². The second kappa shape index (κ2) is 5.88. The summed E-state index contributed by atoms with van der Waals surface area (Å²) in [6, 6.07) is 5.02. The quantitative estimate of drug-likeness (QED) is 0.636. The van der Waals surface area contributed by atoms with Crippen molar-refractivity contribution < 1.29 is 9.53 Å². The minimum absolute atomic E-state index is 0.259. The zero-order valence-electron chi connectivity index (χ0n) is 8.59. The Kier molecular flexibility index (Phi) is 4.78. The van der Waals surface area contributed by atoms with Crippen LogP contribution in [0.25, 0.3) is 0 Å². The topological polar surface area (TPSA) is 50.1 Å². The van der Waals surface area contributed by atoms with Crippen molar-refractivity contribution in [2.24, 2.45) is 0 Å². The van der Waals surface area contributed by atoms with Crippen LogP contribution < -0.4 is 0 Å². The van der Waals surface area contributed by atoms with Gasteiger partial charge in [-0.2, -0.15) is 5.26 Å². The number of carbonyl (C=O) groups is 1. The van der Waals surface area contributed by atoms with Gasteiger partial charge in [-0.1, -0.05) is 27.5 Å². The average Bonchev–Trinajstić information content (AvgIpc) is 2.29. The van der Waals surface area contributed by atoms with Gasteiger partial charge in [0, 0.05) is 5.33 Å². The third-order valence-corrected chi connectivity index (χ3v) is 2.87. The number of benzene rings is 1. The molecule has 0 aliphatic rings. The van der Waals surface area contributed by atoms with Gasteiger partial charge in [-0.05, 0) is 24.6 Å². The molecule has 3 nitrogen and oxygen atoms in total. The molecule has 0 amide bonds. The lowest BCUT2D eigenvalue weighted by Crippen LogP contribution is -2.08. The van der Waals surface area contributed by atoms with Crippen LogP contribution >= 0.6 is 27.5 Å². The number of rotatable bonds is 3. The van der Waals surface area contributed by atoms with Gasteiger partial charge in [0.25, 0.3) is 0 Å². The van der Waals surface area contributed by atoms with E-state index in [1.807, 2.05) is 6.07 Å². The number of nitriles is 1. The van der Waals surface area contributed by atoms with Crippen molar-refractivity contribution in [1.29, 1.82) is 5.26 Å². The Balaban J connectivity index is 3.24. The van der Waals surface area contributed by atoms with Gasteiger partial charge in [-0.25, -0.2) is 4.79 Å². The highest BCUT2D eigenvalue weighted by atomic mass is 79.9. The number of alkyl halides is 1. The Morgan fingerprint density at radius 3 is 2.81 bits per heavy atom. The molecule has 0 atom stereocenters. The average molecular weight is 303 g/mol. The monoisotopic (exact) mass is 301 g/mol. The number of nitrogens with zero attached hydrogens (tertiary/aromatic N) is 1. The lowest BCUT2D eigenvalue weighted by atomic mass is 10.1. The van der Waals surface area contributed by atoms with Crippen LogP contribution in [0.3, 0.4) is 0 Å². The Hall–Kier alpha value is -1.05. The summed E-state index contributed by atoms with van der Waals surface area (Å²) in [5.41, 5.74) is 1.44. The Labute approximate surface area is 107 Å². The molecule has 84 valence electrons. The van der Waals surface area contributed by atoms with Crippen LogP contribution in [0.1, 0.15) is 28.4 Å². The van der Waals surface area contributed by atoms with E-state index in [0.717, 1.165) is 0 Å². The van der Waals surface area contributed by atoms with Crippen LogP contribution in [0.5, 0.6) is 0 Å². The van der Waals surface area contributed by atoms with Crippen LogP contribution in [-0.4, -0.2) is 12.6 Å². The van der Waals surface area contributed by atoms with Gasteiger partial charge in [0.05, 0.1) is 22.8 Å². The fourth-order valence-corrected chi connectivity index (χ4v) is 1.88. The molecule has 16 heavy (non-hydrogen) atoms. The van der Waals surface area contributed by atoms with Gasteiger partial charge in [0.2, 0.25) is 0 Å². The molecule has 0 spiro atoms. The first-order chi connectivity index (χ1) is 7.63. The van der Waals surface area contributed by atoms with Crippen LogP contribution in [0.15, 0.2) is 12.1 Å². The lowest BCUT2D eigenvalue weighted by Gasteiger charge is -2.08. The number of carbonyl (C=O) groups excluding carboxylic acids is 1. The molecule has 1 rings (SSSR count). The molecule has 0 saturated heterocycles. The lowest BCUT2D eigenvalue weighted by molar-refractivity contribution is 0.0525. The van der Waals surface area contributed by atoms with Crippen molar-refractivity contribution >= 4 is 33.5 Å².